The van der Waals surface area contributed by atoms with Crippen LogP contribution >= 0.6 is 34.2 Å². The van der Waals surface area contributed by atoms with Crippen LogP contribution in [0.4, 0.5) is 0 Å². The van der Waals surface area contributed by atoms with Crippen molar-refractivity contribution in [2.45, 2.75) is 19.4 Å². The minimum absolute atomic E-state index is 0.788. The largest absolute Gasteiger partial charge is 0.263 e. The van der Waals surface area contributed by atoms with E-state index in [-0.39, 0.29) is 0 Å². The molecule has 3 rings (SSSR count). The number of hydrogen-bond acceptors (Lipinski definition) is 1. The highest BCUT2D eigenvalue weighted by Gasteiger charge is 2.23. The van der Waals surface area contributed by atoms with Gasteiger partial charge in [-0.1, -0.05) is 11.6 Å². The van der Waals surface area contributed by atoms with Crippen LogP contribution in [0.15, 0.2) is 18.2 Å². The van der Waals surface area contributed by atoms with E-state index in [9.17, 15) is 0 Å². The average Bonchev–Trinajstić information content (AvgIpc) is 2.95. The predicted octanol–water partition coefficient (Wildman–Crippen LogP) is 3.70. The molecule has 0 bridgehead atoms. The first-order chi connectivity index (χ1) is 7.24. The van der Waals surface area contributed by atoms with Crippen LogP contribution in [0.1, 0.15) is 12.8 Å². The van der Waals surface area contributed by atoms with Crippen LogP contribution in [-0.2, 0) is 6.54 Å². The molecule has 1 aliphatic rings. The van der Waals surface area contributed by atoms with E-state index < -0.39 is 0 Å². The average molecular weight is 333 g/mol. The van der Waals surface area contributed by atoms with Crippen molar-refractivity contribution < 1.29 is 0 Å². The van der Waals surface area contributed by atoms with Gasteiger partial charge in [-0.3, -0.25) is 4.68 Å². The van der Waals surface area contributed by atoms with Crippen molar-refractivity contribution >= 4 is 45.1 Å². The first-order valence-corrected chi connectivity index (χ1v) is 6.51. The molecule has 1 aliphatic carbocycles. The van der Waals surface area contributed by atoms with E-state index in [4.69, 9.17) is 11.6 Å². The SMILES string of the molecule is Clc1ccc2c(I)nn(CC3CC3)c2c1. The van der Waals surface area contributed by atoms with Gasteiger partial charge < -0.3 is 0 Å². The topological polar surface area (TPSA) is 17.8 Å². The molecule has 0 amide bonds. The van der Waals surface area contributed by atoms with Crippen molar-refractivity contribution in [2.24, 2.45) is 5.92 Å². The van der Waals surface area contributed by atoms with E-state index in [0.29, 0.717) is 0 Å². The molecular weight excluding hydrogens is 322 g/mol. The second kappa shape index (κ2) is 3.63. The minimum Gasteiger partial charge on any atom is -0.263 e. The van der Waals surface area contributed by atoms with Crippen LogP contribution in [0.5, 0.6) is 0 Å². The maximum atomic E-state index is 6.01. The number of benzene rings is 1. The molecule has 1 aromatic heterocycles. The molecule has 0 unspecified atom stereocenters. The smallest absolute Gasteiger partial charge is 0.131 e. The minimum atomic E-state index is 0.788. The van der Waals surface area contributed by atoms with E-state index in [1.807, 2.05) is 12.1 Å². The summed E-state index contributed by atoms with van der Waals surface area (Å²) in [7, 11) is 0. The van der Waals surface area contributed by atoms with E-state index in [1.54, 1.807) is 0 Å². The zero-order valence-electron chi connectivity index (χ0n) is 8.08. The standard InChI is InChI=1S/C11H10ClIN2/c12-8-3-4-9-10(5-8)15(14-11(9)13)6-7-1-2-7/h3-5,7H,1-2,6H2. The van der Waals surface area contributed by atoms with Gasteiger partial charge in [0.05, 0.1) is 5.52 Å². The molecule has 0 radical (unpaired) electrons. The van der Waals surface area contributed by atoms with Gasteiger partial charge in [0.15, 0.2) is 0 Å². The maximum Gasteiger partial charge on any atom is 0.131 e. The Balaban J connectivity index is 2.14. The Morgan fingerprint density at radius 3 is 3.00 bits per heavy atom. The predicted molar refractivity (Wildman–Crippen MR) is 70.2 cm³/mol. The molecule has 1 aromatic carbocycles. The van der Waals surface area contributed by atoms with Gasteiger partial charge in [0.1, 0.15) is 3.70 Å². The Bertz CT molecular complexity index is 517. The number of nitrogens with zero attached hydrogens (tertiary/aromatic N) is 2. The summed E-state index contributed by atoms with van der Waals surface area (Å²) in [6.45, 7) is 1.04. The normalized spacial score (nSPS) is 16.1. The lowest BCUT2D eigenvalue weighted by atomic mass is 10.2. The summed E-state index contributed by atoms with van der Waals surface area (Å²) in [5, 5.41) is 6.55. The lowest BCUT2D eigenvalue weighted by Gasteiger charge is -2.01. The second-order valence-corrected chi connectivity index (χ2v) is 5.54. The van der Waals surface area contributed by atoms with Crippen molar-refractivity contribution in [1.82, 2.24) is 9.78 Å². The Labute approximate surface area is 107 Å². The molecule has 0 saturated heterocycles. The zero-order chi connectivity index (χ0) is 10.4. The summed E-state index contributed by atoms with van der Waals surface area (Å²) in [6.07, 6.45) is 2.69. The van der Waals surface area contributed by atoms with Crippen molar-refractivity contribution in [2.75, 3.05) is 0 Å². The van der Waals surface area contributed by atoms with Crippen molar-refractivity contribution in [1.29, 1.82) is 0 Å². The number of rotatable bonds is 2. The summed E-state index contributed by atoms with van der Waals surface area (Å²) in [5.74, 6) is 0.836. The fourth-order valence-electron chi connectivity index (χ4n) is 1.79. The highest BCUT2D eigenvalue weighted by Crippen LogP contribution is 2.32. The molecule has 1 heterocycles. The Morgan fingerprint density at radius 1 is 1.47 bits per heavy atom. The third kappa shape index (κ3) is 1.87. The molecule has 0 N–H and O–H groups in total. The van der Waals surface area contributed by atoms with Crippen LogP contribution in [0, 0.1) is 9.62 Å². The fraction of sp³-hybridized carbons (Fsp3) is 0.364. The summed E-state index contributed by atoms with van der Waals surface area (Å²) in [4.78, 5) is 0. The second-order valence-electron chi connectivity index (χ2n) is 4.08. The van der Waals surface area contributed by atoms with Crippen LogP contribution in [0.3, 0.4) is 0 Å². The number of fused-ring (bicyclic) bond motifs is 1. The van der Waals surface area contributed by atoms with Crippen LogP contribution in [0.25, 0.3) is 10.9 Å². The van der Waals surface area contributed by atoms with Crippen molar-refractivity contribution in [3.05, 3.63) is 26.9 Å². The molecule has 78 valence electrons. The van der Waals surface area contributed by atoms with Gasteiger partial charge in [-0.05, 0) is 59.5 Å². The molecule has 15 heavy (non-hydrogen) atoms. The highest BCUT2D eigenvalue weighted by atomic mass is 127. The summed E-state index contributed by atoms with van der Waals surface area (Å²) in [5.41, 5.74) is 1.17. The molecule has 2 nitrogen and oxygen atoms in total. The fourth-order valence-corrected chi connectivity index (χ4v) is 2.67. The van der Waals surface area contributed by atoms with E-state index in [0.717, 1.165) is 21.2 Å². The Hall–Kier alpha value is -0.290. The summed E-state index contributed by atoms with van der Waals surface area (Å²) < 4.78 is 3.17. The van der Waals surface area contributed by atoms with Crippen LogP contribution in [-0.4, -0.2) is 9.78 Å². The van der Waals surface area contributed by atoms with Crippen LogP contribution in [0.2, 0.25) is 5.02 Å². The third-order valence-electron chi connectivity index (χ3n) is 2.80. The quantitative estimate of drug-likeness (QED) is 0.767. The number of aromatic nitrogens is 2. The molecule has 1 saturated carbocycles. The van der Waals surface area contributed by atoms with E-state index in [2.05, 4.69) is 38.4 Å². The first kappa shape index (κ1) is 9.90. The zero-order valence-corrected chi connectivity index (χ0v) is 11.0. The van der Waals surface area contributed by atoms with Crippen LogP contribution < -0.4 is 0 Å². The molecule has 1 fully saturated rings. The molecular formula is C11H10ClIN2. The third-order valence-corrected chi connectivity index (χ3v) is 3.83. The molecule has 2 aromatic rings. The van der Waals surface area contributed by atoms with Gasteiger partial charge in [0.25, 0.3) is 0 Å². The lowest BCUT2D eigenvalue weighted by Crippen LogP contribution is -2.01. The maximum absolute atomic E-state index is 6.01. The first-order valence-electron chi connectivity index (χ1n) is 5.05. The molecule has 0 atom stereocenters. The summed E-state index contributed by atoms with van der Waals surface area (Å²) >= 11 is 8.29. The van der Waals surface area contributed by atoms with Gasteiger partial charge >= 0.3 is 0 Å². The van der Waals surface area contributed by atoms with Gasteiger partial charge in [-0.25, -0.2) is 0 Å². The molecule has 0 spiro atoms. The monoisotopic (exact) mass is 332 g/mol. The van der Waals surface area contributed by atoms with E-state index in [1.165, 1.54) is 23.7 Å². The molecule has 0 aliphatic heterocycles. The van der Waals surface area contributed by atoms with Crippen molar-refractivity contribution in [3.63, 3.8) is 0 Å². The summed E-state index contributed by atoms with van der Waals surface area (Å²) in [6, 6.07) is 5.99. The Kier molecular flexibility index (Phi) is 2.39. The van der Waals surface area contributed by atoms with E-state index >= 15 is 0 Å². The molecule has 4 heteroatoms. The lowest BCUT2D eigenvalue weighted by molar-refractivity contribution is 0.577. The Morgan fingerprint density at radius 2 is 2.27 bits per heavy atom. The van der Waals surface area contributed by atoms with Gasteiger partial charge in [-0.15, -0.1) is 0 Å². The number of hydrogen-bond donors (Lipinski definition) is 0. The number of halogens is 2. The van der Waals surface area contributed by atoms with Crippen molar-refractivity contribution in [3.8, 4) is 0 Å². The van der Waals surface area contributed by atoms with Gasteiger partial charge in [0, 0.05) is 17.0 Å². The van der Waals surface area contributed by atoms with Gasteiger partial charge in [0.2, 0.25) is 0 Å². The van der Waals surface area contributed by atoms with Gasteiger partial charge in [-0.2, -0.15) is 5.10 Å². The highest BCUT2D eigenvalue weighted by molar-refractivity contribution is 14.1.